The number of aliphatic hydroxyl groups excluding tert-OH is 1. The summed E-state index contributed by atoms with van der Waals surface area (Å²) in [7, 11) is 0. The zero-order valence-electron chi connectivity index (χ0n) is 7.01. The SMILES string of the molecule is CC.OC1CCCCC1.[V]. The topological polar surface area (TPSA) is 20.2 Å². The van der Waals surface area contributed by atoms with Crippen molar-refractivity contribution in [2.24, 2.45) is 0 Å². The summed E-state index contributed by atoms with van der Waals surface area (Å²) >= 11 is 0. The zero-order valence-corrected chi connectivity index (χ0v) is 8.40. The van der Waals surface area contributed by atoms with Gasteiger partial charge in [0.15, 0.2) is 0 Å². The van der Waals surface area contributed by atoms with Crippen molar-refractivity contribution < 1.29 is 23.7 Å². The molecule has 1 fully saturated rings. The second-order valence-electron chi connectivity index (χ2n) is 2.29. The van der Waals surface area contributed by atoms with E-state index < -0.39 is 0 Å². The molecule has 0 aromatic heterocycles. The first kappa shape index (κ1) is 13.2. The number of hydrogen-bond donors (Lipinski definition) is 1. The van der Waals surface area contributed by atoms with Gasteiger partial charge in [-0.3, -0.25) is 0 Å². The van der Waals surface area contributed by atoms with Gasteiger partial charge in [-0.15, -0.1) is 0 Å². The maximum Gasteiger partial charge on any atom is 0.0540 e. The van der Waals surface area contributed by atoms with Crippen LogP contribution in [0.3, 0.4) is 0 Å². The van der Waals surface area contributed by atoms with Gasteiger partial charge in [0, 0.05) is 18.6 Å². The van der Waals surface area contributed by atoms with Gasteiger partial charge in [-0.1, -0.05) is 33.1 Å². The van der Waals surface area contributed by atoms with E-state index in [4.69, 9.17) is 5.11 Å². The third-order valence-corrected chi connectivity index (χ3v) is 1.57. The Bertz CT molecular complexity index is 51.2. The average Bonchev–Trinajstić information content (AvgIpc) is 1.94. The molecule has 1 aliphatic rings. The van der Waals surface area contributed by atoms with Crippen LogP contribution in [0.1, 0.15) is 46.0 Å². The fourth-order valence-corrected chi connectivity index (χ4v) is 1.08. The van der Waals surface area contributed by atoms with Crippen LogP contribution in [-0.2, 0) is 18.6 Å². The van der Waals surface area contributed by atoms with Crippen LogP contribution in [0.15, 0.2) is 0 Å². The largest absolute Gasteiger partial charge is 0.393 e. The standard InChI is InChI=1S/C6H12O.C2H6.V/c7-6-4-2-1-3-5-6;1-2;/h6-7H,1-5H2;1-2H3;. The molecule has 0 unspecified atom stereocenters. The first-order chi connectivity index (χ1) is 4.39. The van der Waals surface area contributed by atoms with Gasteiger partial charge in [0.1, 0.15) is 0 Å². The average molecular weight is 181 g/mol. The molecule has 0 aromatic rings. The number of aliphatic hydroxyl groups is 1. The van der Waals surface area contributed by atoms with Gasteiger partial charge in [-0.2, -0.15) is 0 Å². The van der Waals surface area contributed by atoms with E-state index in [1.165, 1.54) is 19.3 Å². The Morgan fingerprint density at radius 1 is 1.00 bits per heavy atom. The van der Waals surface area contributed by atoms with Crippen LogP contribution in [0, 0.1) is 0 Å². The van der Waals surface area contributed by atoms with Gasteiger partial charge < -0.3 is 5.11 Å². The van der Waals surface area contributed by atoms with Crippen molar-refractivity contribution in [3.63, 3.8) is 0 Å². The van der Waals surface area contributed by atoms with Crippen molar-refractivity contribution in [2.75, 3.05) is 0 Å². The quantitative estimate of drug-likeness (QED) is 0.608. The molecule has 0 aliphatic heterocycles. The maximum atomic E-state index is 8.91. The summed E-state index contributed by atoms with van der Waals surface area (Å²) in [5, 5.41) is 8.91. The van der Waals surface area contributed by atoms with Gasteiger partial charge in [0.25, 0.3) is 0 Å². The van der Waals surface area contributed by atoms with Gasteiger partial charge in [-0.25, -0.2) is 0 Å². The van der Waals surface area contributed by atoms with E-state index in [0.29, 0.717) is 0 Å². The van der Waals surface area contributed by atoms with Crippen molar-refractivity contribution in [2.45, 2.75) is 52.1 Å². The molecule has 0 spiro atoms. The summed E-state index contributed by atoms with van der Waals surface area (Å²) in [4.78, 5) is 0. The molecular formula is C8H18OV. The first-order valence-corrected chi connectivity index (χ1v) is 4.07. The van der Waals surface area contributed by atoms with Crippen LogP contribution in [0.5, 0.6) is 0 Å². The Labute approximate surface area is 76.1 Å². The van der Waals surface area contributed by atoms with E-state index >= 15 is 0 Å². The molecule has 1 N–H and O–H groups in total. The fraction of sp³-hybridized carbons (Fsp3) is 1.00. The number of rotatable bonds is 0. The Morgan fingerprint density at radius 2 is 1.40 bits per heavy atom. The second-order valence-corrected chi connectivity index (χ2v) is 2.29. The van der Waals surface area contributed by atoms with Crippen LogP contribution in [0.2, 0.25) is 0 Å². The minimum Gasteiger partial charge on any atom is -0.393 e. The number of hydrogen-bond acceptors (Lipinski definition) is 1. The molecule has 61 valence electrons. The van der Waals surface area contributed by atoms with Crippen LogP contribution in [0.25, 0.3) is 0 Å². The van der Waals surface area contributed by atoms with Crippen molar-refractivity contribution in [1.82, 2.24) is 0 Å². The van der Waals surface area contributed by atoms with E-state index in [1.54, 1.807) is 0 Å². The smallest absolute Gasteiger partial charge is 0.0540 e. The fourth-order valence-electron chi connectivity index (χ4n) is 1.08. The molecular weight excluding hydrogens is 163 g/mol. The summed E-state index contributed by atoms with van der Waals surface area (Å²) in [5.74, 6) is 0. The maximum absolute atomic E-state index is 8.91. The van der Waals surface area contributed by atoms with Gasteiger partial charge in [0.05, 0.1) is 6.10 Å². The molecule has 1 nitrogen and oxygen atoms in total. The van der Waals surface area contributed by atoms with Gasteiger partial charge >= 0.3 is 0 Å². The third-order valence-electron chi connectivity index (χ3n) is 1.57. The molecule has 0 atom stereocenters. The van der Waals surface area contributed by atoms with E-state index in [9.17, 15) is 0 Å². The Hall–Kier alpha value is 0.544. The Morgan fingerprint density at radius 3 is 1.60 bits per heavy atom. The molecule has 1 saturated carbocycles. The van der Waals surface area contributed by atoms with Crippen molar-refractivity contribution in [1.29, 1.82) is 0 Å². The van der Waals surface area contributed by atoms with Gasteiger partial charge in [-0.05, 0) is 12.8 Å². The Balaban J connectivity index is 0. The molecule has 1 radical (unpaired) electrons. The first-order valence-electron chi connectivity index (χ1n) is 4.07. The predicted molar refractivity (Wildman–Crippen MR) is 40.4 cm³/mol. The zero-order chi connectivity index (χ0) is 7.11. The minimum absolute atomic E-state index is 0. The van der Waals surface area contributed by atoms with Crippen molar-refractivity contribution >= 4 is 0 Å². The minimum atomic E-state index is 0. The van der Waals surface area contributed by atoms with E-state index in [-0.39, 0.29) is 24.7 Å². The summed E-state index contributed by atoms with van der Waals surface area (Å²) in [6.07, 6.45) is 5.92. The van der Waals surface area contributed by atoms with Crippen molar-refractivity contribution in [3.8, 4) is 0 Å². The van der Waals surface area contributed by atoms with Crippen LogP contribution < -0.4 is 0 Å². The Kier molecular flexibility index (Phi) is 12.6. The van der Waals surface area contributed by atoms with E-state index in [2.05, 4.69) is 0 Å². The molecule has 2 heteroatoms. The van der Waals surface area contributed by atoms with Crippen LogP contribution >= 0.6 is 0 Å². The summed E-state index contributed by atoms with van der Waals surface area (Å²) in [5.41, 5.74) is 0. The summed E-state index contributed by atoms with van der Waals surface area (Å²) in [6, 6.07) is 0. The normalized spacial score (nSPS) is 18.3. The molecule has 0 amide bonds. The van der Waals surface area contributed by atoms with Gasteiger partial charge in [0.2, 0.25) is 0 Å². The third kappa shape index (κ3) is 6.66. The predicted octanol–water partition coefficient (Wildman–Crippen LogP) is 2.34. The summed E-state index contributed by atoms with van der Waals surface area (Å²) in [6.45, 7) is 4.00. The molecule has 0 aromatic carbocycles. The summed E-state index contributed by atoms with van der Waals surface area (Å²) < 4.78 is 0. The van der Waals surface area contributed by atoms with Crippen molar-refractivity contribution in [3.05, 3.63) is 0 Å². The van der Waals surface area contributed by atoms with E-state index in [0.717, 1.165) is 12.8 Å². The molecule has 0 saturated heterocycles. The second kappa shape index (κ2) is 9.54. The molecule has 0 heterocycles. The molecule has 1 aliphatic carbocycles. The molecule has 1 rings (SSSR count). The van der Waals surface area contributed by atoms with E-state index in [1.807, 2.05) is 13.8 Å². The van der Waals surface area contributed by atoms with Crippen LogP contribution in [0.4, 0.5) is 0 Å². The van der Waals surface area contributed by atoms with Crippen LogP contribution in [-0.4, -0.2) is 11.2 Å². The monoisotopic (exact) mass is 181 g/mol. The molecule has 10 heavy (non-hydrogen) atoms. The molecule has 0 bridgehead atoms.